The highest BCUT2D eigenvalue weighted by Gasteiger charge is 2.33. The maximum atomic E-state index is 11.9. The average Bonchev–Trinajstić information content (AvgIpc) is 2.72. The number of imide groups is 1. The second-order valence-corrected chi connectivity index (χ2v) is 5.15. The van der Waals surface area contributed by atoms with Crippen LogP contribution in [0.25, 0.3) is 6.08 Å². The molecule has 110 valence electrons. The van der Waals surface area contributed by atoms with Gasteiger partial charge >= 0.3 is 0 Å². The Morgan fingerprint density at radius 3 is 2.52 bits per heavy atom. The highest BCUT2D eigenvalue weighted by atomic mass is 32.2. The molecule has 0 radical (unpaired) electrons. The lowest BCUT2D eigenvalue weighted by Crippen LogP contribution is -2.28. The molecule has 1 saturated heterocycles. The van der Waals surface area contributed by atoms with Gasteiger partial charge in [0.2, 0.25) is 0 Å². The highest BCUT2D eigenvalue weighted by molar-refractivity contribution is 8.18. The van der Waals surface area contributed by atoms with Gasteiger partial charge in [0, 0.05) is 6.54 Å². The third-order valence-corrected chi connectivity index (χ3v) is 3.63. The van der Waals surface area contributed by atoms with E-state index < -0.39 is 12.6 Å². The van der Waals surface area contributed by atoms with Crippen molar-refractivity contribution >= 4 is 35.0 Å². The number of ether oxygens (including phenoxy) is 1. The van der Waals surface area contributed by atoms with Crippen LogP contribution in [-0.4, -0.2) is 35.2 Å². The van der Waals surface area contributed by atoms with E-state index >= 15 is 0 Å². The summed E-state index contributed by atoms with van der Waals surface area (Å²) in [5.74, 6) is -1.21. The van der Waals surface area contributed by atoms with Gasteiger partial charge in [0.05, 0.1) is 10.9 Å². The topological polar surface area (TPSA) is 86.7 Å². The largest absolute Gasteiger partial charge is 0.546 e. The number of carboxylic acid groups (broad SMARTS) is 1. The standard InChI is InChI=1S/C14H13NO5S/c1-2-15-13(18)11(21-14(15)19)7-9-3-5-10(6-4-9)20-8-12(16)17/h3-7H,2,8H2,1H3,(H,16,17)/p-1/b11-7-. The normalized spacial score (nSPS) is 16.6. The summed E-state index contributed by atoms with van der Waals surface area (Å²) in [6.07, 6.45) is 1.61. The number of carboxylic acids is 1. The molecule has 0 aromatic heterocycles. The molecule has 1 aromatic carbocycles. The Morgan fingerprint density at radius 1 is 1.33 bits per heavy atom. The van der Waals surface area contributed by atoms with Crippen LogP contribution < -0.4 is 9.84 Å². The van der Waals surface area contributed by atoms with Crippen molar-refractivity contribution in [2.75, 3.05) is 13.2 Å². The first-order valence-corrected chi connectivity index (χ1v) is 7.01. The first kappa shape index (κ1) is 15.1. The monoisotopic (exact) mass is 306 g/mol. The fraction of sp³-hybridized carbons (Fsp3) is 0.214. The van der Waals surface area contributed by atoms with Gasteiger partial charge < -0.3 is 14.6 Å². The molecule has 1 aromatic rings. The van der Waals surface area contributed by atoms with Gasteiger partial charge in [0.25, 0.3) is 11.1 Å². The molecule has 7 heteroatoms. The lowest BCUT2D eigenvalue weighted by molar-refractivity contribution is -0.307. The SMILES string of the molecule is CCN1C(=O)S/C(=C\c2ccc(OCC(=O)[O-])cc2)C1=O. The summed E-state index contributed by atoms with van der Waals surface area (Å²) in [6.45, 7) is 1.56. The summed E-state index contributed by atoms with van der Waals surface area (Å²) in [6, 6.07) is 6.51. The van der Waals surface area contributed by atoms with Crippen molar-refractivity contribution in [2.24, 2.45) is 0 Å². The number of aliphatic carboxylic acids is 1. The Kier molecular flexibility index (Phi) is 4.64. The van der Waals surface area contributed by atoms with E-state index in [1.54, 1.807) is 37.3 Å². The van der Waals surface area contributed by atoms with Crippen LogP contribution in [0.2, 0.25) is 0 Å². The number of likely N-dealkylation sites (N-methyl/N-ethyl adjacent to an activating group) is 1. The highest BCUT2D eigenvalue weighted by Crippen LogP contribution is 2.32. The molecule has 0 atom stereocenters. The molecule has 1 aliphatic heterocycles. The van der Waals surface area contributed by atoms with Crippen molar-refractivity contribution in [3.63, 3.8) is 0 Å². The number of hydrogen-bond acceptors (Lipinski definition) is 6. The van der Waals surface area contributed by atoms with Crippen molar-refractivity contribution in [1.29, 1.82) is 0 Å². The lowest BCUT2D eigenvalue weighted by Gasteiger charge is -2.07. The molecule has 2 amide bonds. The van der Waals surface area contributed by atoms with Crippen LogP contribution in [-0.2, 0) is 9.59 Å². The van der Waals surface area contributed by atoms with Gasteiger partial charge in [0.1, 0.15) is 12.4 Å². The smallest absolute Gasteiger partial charge is 0.293 e. The average molecular weight is 306 g/mol. The molecule has 1 heterocycles. The quantitative estimate of drug-likeness (QED) is 0.750. The third-order valence-electron chi connectivity index (χ3n) is 2.72. The van der Waals surface area contributed by atoms with Gasteiger partial charge in [-0.15, -0.1) is 0 Å². The van der Waals surface area contributed by atoms with Crippen molar-refractivity contribution in [2.45, 2.75) is 6.92 Å². The number of thioether (sulfide) groups is 1. The minimum Gasteiger partial charge on any atom is -0.546 e. The number of benzene rings is 1. The van der Waals surface area contributed by atoms with Gasteiger partial charge in [-0.05, 0) is 42.5 Å². The molecule has 6 nitrogen and oxygen atoms in total. The first-order chi connectivity index (χ1) is 10.0. The zero-order valence-electron chi connectivity index (χ0n) is 11.2. The second kappa shape index (κ2) is 6.45. The third kappa shape index (κ3) is 3.63. The van der Waals surface area contributed by atoms with Gasteiger partial charge in [-0.2, -0.15) is 0 Å². The van der Waals surface area contributed by atoms with Crippen LogP contribution in [0.1, 0.15) is 12.5 Å². The second-order valence-electron chi connectivity index (χ2n) is 4.16. The zero-order valence-corrected chi connectivity index (χ0v) is 12.0. The summed E-state index contributed by atoms with van der Waals surface area (Å²) in [4.78, 5) is 35.3. The van der Waals surface area contributed by atoms with E-state index in [1.165, 1.54) is 4.90 Å². The summed E-state index contributed by atoms with van der Waals surface area (Å²) >= 11 is 0.901. The van der Waals surface area contributed by atoms with E-state index in [0.717, 1.165) is 17.3 Å². The van der Waals surface area contributed by atoms with E-state index in [1.807, 2.05) is 0 Å². The molecule has 2 rings (SSSR count). The van der Waals surface area contributed by atoms with Gasteiger partial charge in [-0.1, -0.05) is 12.1 Å². The number of carbonyl (C=O) groups excluding carboxylic acids is 3. The Balaban J connectivity index is 2.09. The number of rotatable bonds is 5. The predicted octanol–water partition coefficient (Wildman–Crippen LogP) is 0.871. The molecule has 0 spiro atoms. The Bertz CT molecular complexity index is 608. The van der Waals surface area contributed by atoms with Crippen LogP contribution in [0.3, 0.4) is 0 Å². The number of hydrogen-bond donors (Lipinski definition) is 0. The van der Waals surface area contributed by atoms with E-state index in [4.69, 9.17) is 4.74 Å². The maximum Gasteiger partial charge on any atom is 0.293 e. The molecule has 0 bridgehead atoms. The molecule has 0 N–H and O–H groups in total. The first-order valence-electron chi connectivity index (χ1n) is 6.19. The molecule has 0 aliphatic carbocycles. The van der Waals surface area contributed by atoms with Crippen LogP contribution in [0.5, 0.6) is 5.75 Å². The summed E-state index contributed by atoms with van der Waals surface area (Å²) in [7, 11) is 0. The fourth-order valence-electron chi connectivity index (χ4n) is 1.73. The fourth-order valence-corrected chi connectivity index (χ4v) is 2.63. The molecule has 1 fully saturated rings. The van der Waals surface area contributed by atoms with Crippen molar-refractivity contribution in [1.82, 2.24) is 4.90 Å². The van der Waals surface area contributed by atoms with Crippen molar-refractivity contribution in [3.8, 4) is 5.75 Å². The van der Waals surface area contributed by atoms with E-state index in [0.29, 0.717) is 17.2 Å². The Morgan fingerprint density at radius 2 is 2.00 bits per heavy atom. The minimum atomic E-state index is -1.30. The molecule has 0 unspecified atom stereocenters. The molecule has 1 aliphatic rings. The molecular formula is C14H12NO5S-. The number of carbonyl (C=O) groups is 3. The van der Waals surface area contributed by atoms with Gasteiger partial charge in [-0.25, -0.2) is 0 Å². The van der Waals surface area contributed by atoms with Gasteiger partial charge in [-0.3, -0.25) is 14.5 Å². The molecule has 0 saturated carbocycles. The zero-order chi connectivity index (χ0) is 15.4. The molecular weight excluding hydrogens is 294 g/mol. The Labute approximate surface area is 125 Å². The minimum absolute atomic E-state index is 0.275. The van der Waals surface area contributed by atoms with E-state index in [9.17, 15) is 19.5 Å². The molecule has 21 heavy (non-hydrogen) atoms. The summed E-state index contributed by atoms with van der Waals surface area (Å²) < 4.78 is 4.95. The summed E-state index contributed by atoms with van der Waals surface area (Å²) in [5, 5.41) is 10.00. The number of nitrogens with zero attached hydrogens (tertiary/aromatic N) is 1. The van der Waals surface area contributed by atoms with Crippen LogP contribution in [0.15, 0.2) is 29.2 Å². The Hall–Kier alpha value is -2.28. The van der Waals surface area contributed by atoms with Crippen molar-refractivity contribution in [3.05, 3.63) is 34.7 Å². The van der Waals surface area contributed by atoms with E-state index in [2.05, 4.69) is 0 Å². The predicted molar refractivity (Wildman–Crippen MR) is 75.3 cm³/mol. The number of amides is 2. The van der Waals surface area contributed by atoms with Gasteiger partial charge in [0.15, 0.2) is 0 Å². The van der Waals surface area contributed by atoms with E-state index in [-0.39, 0.29) is 11.1 Å². The van der Waals surface area contributed by atoms with Crippen LogP contribution >= 0.6 is 11.8 Å². The van der Waals surface area contributed by atoms with Crippen LogP contribution in [0.4, 0.5) is 4.79 Å². The van der Waals surface area contributed by atoms with Crippen molar-refractivity contribution < 1.29 is 24.2 Å². The lowest BCUT2D eigenvalue weighted by atomic mass is 10.2. The van der Waals surface area contributed by atoms with Crippen LogP contribution in [0, 0.1) is 0 Å². The maximum absolute atomic E-state index is 11.9. The summed E-state index contributed by atoms with van der Waals surface area (Å²) in [5.41, 5.74) is 0.720.